The Labute approximate surface area is 130 Å². The summed E-state index contributed by atoms with van der Waals surface area (Å²) < 4.78 is 38.8. The molecule has 0 saturated carbocycles. The third-order valence-corrected chi connectivity index (χ3v) is 3.64. The van der Waals surface area contributed by atoms with Gasteiger partial charge in [0, 0.05) is 11.6 Å². The summed E-state index contributed by atoms with van der Waals surface area (Å²) in [5, 5.41) is 11.7. The van der Waals surface area contributed by atoms with Crippen molar-refractivity contribution in [2.45, 2.75) is 25.1 Å². The minimum absolute atomic E-state index is 0.0514. The van der Waals surface area contributed by atoms with E-state index in [0.717, 1.165) is 18.6 Å². The van der Waals surface area contributed by atoms with Crippen LogP contribution in [0.4, 0.5) is 18.9 Å². The van der Waals surface area contributed by atoms with E-state index in [4.69, 9.17) is 11.6 Å². The Morgan fingerprint density at radius 2 is 2.18 bits per heavy atom. The van der Waals surface area contributed by atoms with Crippen LogP contribution in [-0.2, 0) is 11.0 Å². The predicted octanol–water partition coefficient (Wildman–Crippen LogP) is 2.75. The first-order valence-corrected chi connectivity index (χ1v) is 7.20. The van der Waals surface area contributed by atoms with Gasteiger partial charge in [-0.25, -0.2) is 0 Å². The molecule has 8 heteroatoms. The first-order chi connectivity index (χ1) is 10.3. The van der Waals surface area contributed by atoms with Crippen LogP contribution in [0.2, 0.25) is 5.02 Å². The number of hydrogen-bond acceptors (Lipinski definition) is 3. The van der Waals surface area contributed by atoms with Gasteiger partial charge in [-0.15, -0.1) is 0 Å². The molecule has 0 aromatic heterocycles. The number of halogens is 4. The average Bonchev–Trinajstić information content (AvgIpc) is 2.39. The van der Waals surface area contributed by atoms with Gasteiger partial charge in [0.05, 0.1) is 23.9 Å². The molecule has 1 aromatic rings. The van der Waals surface area contributed by atoms with E-state index in [-0.39, 0.29) is 17.3 Å². The summed E-state index contributed by atoms with van der Waals surface area (Å²) in [5.41, 5.74) is -1.30. The number of nitrogens with zero attached hydrogens (tertiary/aromatic N) is 1. The lowest BCUT2D eigenvalue weighted by Crippen LogP contribution is -2.42. The number of amides is 1. The molecule has 1 amide bonds. The molecule has 1 aliphatic rings. The van der Waals surface area contributed by atoms with E-state index in [9.17, 15) is 23.1 Å². The Balaban J connectivity index is 2.05. The molecule has 2 rings (SSSR count). The van der Waals surface area contributed by atoms with Gasteiger partial charge in [0.2, 0.25) is 5.91 Å². The number of alkyl halides is 3. The van der Waals surface area contributed by atoms with E-state index < -0.39 is 23.8 Å². The number of anilines is 1. The molecule has 0 radical (unpaired) electrons. The fourth-order valence-corrected chi connectivity index (χ4v) is 2.60. The Kier molecular flexibility index (Phi) is 5.31. The van der Waals surface area contributed by atoms with Gasteiger partial charge in [0.1, 0.15) is 0 Å². The molecule has 1 heterocycles. The highest BCUT2D eigenvalue weighted by Gasteiger charge is 2.34. The number of likely N-dealkylation sites (tertiary alicyclic amines) is 1. The summed E-state index contributed by atoms with van der Waals surface area (Å²) >= 11 is 5.58. The van der Waals surface area contributed by atoms with Crippen LogP contribution in [0.3, 0.4) is 0 Å². The van der Waals surface area contributed by atoms with Gasteiger partial charge in [-0.05, 0) is 37.6 Å². The topological polar surface area (TPSA) is 52.6 Å². The molecule has 1 fully saturated rings. The number of nitrogens with one attached hydrogen (secondary N) is 1. The highest BCUT2D eigenvalue weighted by molar-refractivity contribution is 6.30. The molecule has 1 unspecified atom stereocenters. The van der Waals surface area contributed by atoms with E-state index in [0.29, 0.717) is 19.5 Å². The van der Waals surface area contributed by atoms with Gasteiger partial charge in [-0.1, -0.05) is 11.6 Å². The van der Waals surface area contributed by atoms with Gasteiger partial charge in [-0.2, -0.15) is 13.2 Å². The highest BCUT2D eigenvalue weighted by Crippen LogP contribution is 2.36. The van der Waals surface area contributed by atoms with E-state index in [1.54, 1.807) is 4.90 Å². The highest BCUT2D eigenvalue weighted by atomic mass is 35.5. The molecule has 1 aromatic carbocycles. The van der Waals surface area contributed by atoms with Crippen molar-refractivity contribution < 1.29 is 23.1 Å². The third kappa shape index (κ3) is 4.59. The third-order valence-electron chi connectivity index (χ3n) is 3.41. The molecule has 4 nitrogen and oxygen atoms in total. The summed E-state index contributed by atoms with van der Waals surface area (Å²) in [4.78, 5) is 13.6. The van der Waals surface area contributed by atoms with Gasteiger partial charge >= 0.3 is 6.18 Å². The van der Waals surface area contributed by atoms with Gasteiger partial charge in [-0.3, -0.25) is 9.69 Å². The maximum absolute atomic E-state index is 12.9. The minimum Gasteiger partial charge on any atom is -0.392 e. The summed E-state index contributed by atoms with van der Waals surface area (Å²) in [6.45, 7) is 0.925. The molecular weight excluding hydrogens is 321 g/mol. The fraction of sp³-hybridized carbons (Fsp3) is 0.500. The second-order valence-electron chi connectivity index (χ2n) is 5.27. The standard InChI is InChI=1S/C14H16ClF3N2O2/c15-9-3-4-12(11(6-9)14(16,17)18)19-13(22)8-20-5-1-2-10(21)7-20/h3-4,6,10,21H,1-2,5,7-8H2,(H,19,22). The van der Waals surface area contributed by atoms with Crippen LogP contribution in [0.1, 0.15) is 18.4 Å². The number of rotatable bonds is 3. The van der Waals surface area contributed by atoms with Crippen molar-refractivity contribution in [1.29, 1.82) is 0 Å². The zero-order valence-corrected chi connectivity index (χ0v) is 12.4. The SMILES string of the molecule is O=C(CN1CCCC(O)C1)Nc1ccc(Cl)cc1C(F)(F)F. The van der Waals surface area contributed by atoms with Crippen molar-refractivity contribution in [3.8, 4) is 0 Å². The molecule has 1 aliphatic heterocycles. The summed E-state index contributed by atoms with van der Waals surface area (Å²) in [7, 11) is 0. The Morgan fingerprint density at radius 1 is 1.45 bits per heavy atom. The number of hydrogen-bond donors (Lipinski definition) is 2. The maximum Gasteiger partial charge on any atom is 0.418 e. The number of carbonyl (C=O) groups is 1. The Morgan fingerprint density at radius 3 is 2.82 bits per heavy atom. The lowest BCUT2D eigenvalue weighted by Gasteiger charge is -2.29. The molecule has 1 atom stereocenters. The number of aliphatic hydroxyl groups is 1. The van der Waals surface area contributed by atoms with Crippen LogP contribution in [0.25, 0.3) is 0 Å². The second-order valence-corrected chi connectivity index (χ2v) is 5.70. The van der Waals surface area contributed by atoms with Gasteiger partial charge < -0.3 is 10.4 Å². The Bertz CT molecular complexity index is 551. The normalized spacial score (nSPS) is 20.0. The van der Waals surface area contributed by atoms with Crippen molar-refractivity contribution in [3.63, 3.8) is 0 Å². The monoisotopic (exact) mass is 336 g/mol. The van der Waals surface area contributed by atoms with Crippen molar-refractivity contribution in [2.75, 3.05) is 25.0 Å². The van der Waals surface area contributed by atoms with Gasteiger partial charge in [0.15, 0.2) is 0 Å². The first-order valence-electron chi connectivity index (χ1n) is 6.83. The van der Waals surface area contributed by atoms with E-state index >= 15 is 0 Å². The van der Waals surface area contributed by atoms with E-state index in [1.807, 2.05) is 0 Å². The average molecular weight is 337 g/mol. The van der Waals surface area contributed by atoms with Crippen molar-refractivity contribution >= 4 is 23.2 Å². The summed E-state index contributed by atoms with van der Waals surface area (Å²) in [5.74, 6) is -0.554. The molecule has 0 aliphatic carbocycles. The number of carbonyl (C=O) groups excluding carboxylic acids is 1. The van der Waals surface area contributed by atoms with E-state index in [1.165, 1.54) is 6.07 Å². The molecule has 1 saturated heterocycles. The largest absolute Gasteiger partial charge is 0.418 e. The minimum atomic E-state index is -4.60. The van der Waals surface area contributed by atoms with Crippen molar-refractivity contribution in [3.05, 3.63) is 28.8 Å². The summed E-state index contributed by atoms with van der Waals surface area (Å²) in [6, 6.07) is 3.20. The number of benzene rings is 1. The Hall–Kier alpha value is -1.31. The lowest BCUT2D eigenvalue weighted by molar-refractivity contribution is -0.137. The number of aliphatic hydroxyl groups excluding tert-OH is 1. The first kappa shape index (κ1) is 17.1. The number of β-amino-alcohol motifs (C(OH)–C–C–N with tert-alkyl or cyclic N) is 1. The maximum atomic E-state index is 12.9. The van der Waals surface area contributed by atoms with Crippen LogP contribution >= 0.6 is 11.6 Å². The quantitative estimate of drug-likeness (QED) is 0.892. The van der Waals surface area contributed by atoms with Gasteiger partial charge in [0.25, 0.3) is 0 Å². The molecule has 2 N–H and O–H groups in total. The van der Waals surface area contributed by atoms with Crippen molar-refractivity contribution in [1.82, 2.24) is 4.90 Å². The molecule has 22 heavy (non-hydrogen) atoms. The summed E-state index contributed by atoms with van der Waals surface area (Å²) in [6.07, 6.45) is -3.67. The molecule has 0 spiro atoms. The van der Waals surface area contributed by atoms with Crippen LogP contribution in [0.15, 0.2) is 18.2 Å². The van der Waals surface area contributed by atoms with Crippen LogP contribution < -0.4 is 5.32 Å². The smallest absolute Gasteiger partial charge is 0.392 e. The van der Waals surface area contributed by atoms with Crippen LogP contribution in [0, 0.1) is 0 Å². The molecule has 0 bridgehead atoms. The second kappa shape index (κ2) is 6.85. The van der Waals surface area contributed by atoms with E-state index in [2.05, 4.69) is 5.32 Å². The zero-order valence-electron chi connectivity index (χ0n) is 11.7. The van der Waals surface area contributed by atoms with Crippen molar-refractivity contribution in [2.24, 2.45) is 0 Å². The molecular formula is C14H16ClF3N2O2. The predicted molar refractivity (Wildman–Crippen MR) is 76.8 cm³/mol. The van der Waals surface area contributed by atoms with Crippen LogP contribution in [0.5, 0.6) is 0 Å². The molecule has 122 valence electrons. The lowest BCUT2D eigenvalue weighted by atomic mass is 10.1. The number of piperidine rings is 1. The van der Waals surface area contributed by atoms with Crippen LogP contribution in [-0.4, -0.2) is 41.7 Å². The zero-order chi connectivity index (χ0) is 16.3. The fourth-order valence-electron chi connectivity index (χ4n) is 2.43.